The number of rotatable bonds is 3. The van der Waals surface area contributed by atoms with Gasteiger partial charge in [0, 0.05) is 18.1 Å². The summed E-state index contributed by atoms with van der Waals surface area (Å²) in [5.74, 6) is -0.491. The highest BCUT2D eigenvalue weighted by Gasteiger charge is 2.15. The van der Waals surface area contributed by atoms with Gasteiger partial charge in [0.1, 0.15) is 0 Å². The predicted octanol–water partition coefficient (Wildman–Crippen LogP) is 2.13. The Morgan fingerprint density at radius 3 is 2.48 bits per heavy atom. The van der Waals surface area contributed by atoms with Crippen molar-refractivity contribution in [1.29, 1.82) is 0 Å². The predicted molar refractivity (Wildman–Crippen MR) is 110 cm³/mol. The lowest BCUT2D eigenvalue weighted by Crippen LogP contribution is -2.44. The number of nitrogens with zero attached hydrogens (tertiary/aromatic N) is 2. The van der Waals surface area contributed by atoms with Gasteiger partial charge in [0.15, 0.2) is 10.8 Å². The largest absolute Gasteiger partial charge is 0.331 e. The summed E-state index contributed by atoms with van der Waals surface area (Å²) in [5, 5.41) is 8.29. The van der Waals surface area contributed by atoms with Crippen molar-refractivity contribution < 1.29 is 4.79 Å². The van der Waals surface area contributed by atoms with Gasteiger partial charge < -0.3 is 5.32 Å². The number of carbonyl (C=O) groups excluding carboxylic acids is 1. The fourth-order valence-electron chi connectivity index (χ4n) is 2.74. The van der Waals surface area contributed by atoms with Crippen LogP contribution in [-0.2, 0) is 13.5 Å². The maximum absolute atomic E-state index is 12.6. The molecule has 1 aromatic heterocycles. The van der Waals surface area contributed by atoms with E-state index in [1.165, 1.54) is 7.05 Å². The summed E-state index contributed by atoms with van der Waals surface area (Å²) in [6, 6.07) is 14.6. The molecule has 0 aliphatic rings. The van der Waals surface area contributed by atoms with Crippen LogP contribution in [0.1, 0.15) is 23.0 Å². The van der Waals surface area contributed by atoms with E-state index in [2.05, 4.69) is 28.2 Å². The molecule has 0 atom stereocenters. The number of nitrogens with one attached hydrogen (secondary N) is 3. The summed E-state index contributed by atoms with van der Waals surface area (Å²) in [7, 11) is 1.51. The lowest BCUT2D eigenvalue weighted by atomic mass is 10.1. The first kappa shape index (κ1) is 18.5. The van der Waals surface area contributed by atoms with Crippen LogP contribution in [0.4, 0.5) is 5.69 Å². The minimum Gasteiger partial charge on any atom is -0.331 e. The van der Waals surface area contributed by atoms with Crippen molar-refractivity contribution in [2.45, 2.75) is 13.3 Å². The Bertz CT molecular complexity index is 1080. The quantitative estimate of drug-likeness (QED) is 0.476. The molecule has 7 nitrogen and oxygen atoms in total. The number of benzene rings is 2. The Balaban J connectivity index is 1.75. The van der Waals surface area contributed by atoms with Crippen LogP contribution in [0, 0.1) is 0 Å². The molecule has 0 unspecified atom stereocenters. The van der Waals surface area contributed by atoms with E-state index in [9.17, 15) is 9.59 Å². The summed E-state index contributed by atoms with van der Waals surface area (Å²) in [5.41, 5.74) is 7.06. The monoisotopic (exact) mass is 381 g/mol. The smallest absolute Gasteiger partial charge is 0.290 e. The molecule has 3 aromatic rings. The maximum atomic E-state index is 12.6. The number of fused-ring (bicyclic) bond motifs is 1. The lowest BCUT2D eigenvalue weighted by Gasteiger charge is -2.14. The topological polar surface area (TPSA) is 88.0 Å². The van der Waals surface area contributed by atoms with E-state index >= 15 is 0 Å². The lowest BCUT2D eigenvalue weighted by molar-refractivity contribution is 0.0939. The number of para-hydroxylation sites is 1. The van der Waals surface area contributed by atoms with Crippen molar-refractivity contribution >= 4 is 39.7 Å². The molecule has 0 radical (unpaired) electrons. The summed E-state index contributed by atoms with van der Waals surface area (Å²) in [6.45, 7) is 2.05. The number of thiocarbonyl (C=S) groups is 1. The first-order valence-corrected chi connectivity index (χ1v) is 8.83. The number of hydrogen-bond acceptors (Lipinski definition) is 4. The van der Waals surface area contributed by atoms with Gasteiger partial charge in [-0.3, -0.25) is 20.4 Å². The molecule has 0 saturated carbocycles. The summed E-state index contributed by atoms with van der Waals surface area (Å²) >= 11 is 5.24. The third-order valence-corrected chi connectivity index (χ3v) is 4.31. The number of carbonyl (C=O) groups is 1. The molecule has 2 aromatic carbocycles. The van der Waals surface area contributed by atoms with Crippen LogP contribution in [-0.4, -0.2) is 20.8 Å². The molecule has 3 N–H and O–H groups in total. The Kier molecular flexibility index (Phi) is 5.46. The van der Waals surface area contributed by atoms with Gasteiger partial charge in [-0.15, -0.1) is 0 Å². The van der Waals surface area contributed by atoms with E-state index in [4.69, 9.17) is 12.2 Å². The van der Waals surface area contributed by atoms with Crippen molar-refractivity contribution in [3.05, 3.63) is 70.1 Å². The molecule has 0 bridgehead atoms. The minimum atomic E-state index is -0.491. The zero-order valence-corrected chi connectivity index (χ0v) is 15.8. The first-order valence-electron chi connectivity index (χ1n) is 8.42. The highest BCUT2D eigenvalue weighted by Crippen LogP contribution is 2.15. The zero-order chi connectivity index (χ0) is 19.4. The van der Waals surface area contributed by atoms with Crippen LogP contribution in [0.5, 0.6) is 0 Å². The average Bonchev–Trinajstić information content (AvgIpc) is 2.69. The molecule has 0 saturated heterocycles. The van der Waals surface area contributed by atoms with E-state index in [-0.39, 0.29) is 16.4 Å². The van der Waals surface area contributed by atoms with E-state index in [0.717, 1.165) is 22.4 Å². The fraction of sp³-hybridized carbons (Fsp3) is 0.158. The highest BCUT2D eigenvalue weighted by molar-refractivity contribution is 7.80. The van der Waals surface area contributed by atoms with Gasteiger partial charge in [0.05, 0.1) is 5.39 Å². The van der Waals surface area contributed by atoms with Gasteiger partial charge in [-0.25, -0.2) is 4.68 Å². The number of hydrazine groups is 1. The van der Waals surface area contributed by atoms with Gasteiger partial charge in [-0.05, 0) is 36.3 Å². The summed E-state index contributed by atoms with van der Waals surface area (Å²) in [6.07, 6.45) is 0.853. The number of aromatic nitrogens is 2. The highest BCUT2D eigenvalue weighted by atomic mass is 32.1. The molecule has 3 rings (SSSR count). The number of anilines is 1. The van der Waals surface area contributed by atoms with Gasteiger partial charge >= 0.3 is 0 Å². The second-order valence-electron chi connectivity index (χ2n) is 5.87. The van der Waals surface area contributed by atoms with Crippen molar-refractivity contribution in [2.24, 2.45) is 7.05 Å². The second-order valence-corrected chi connectivity index (χ2v) is 6.28. The third-order valence-electron chi connectivity index (χ3n) is 4.11. The normalized spacial score (nSPS) is 10.4. The van der Waals surface area contributed by atoms with E-state index in [1.54, 1.807) is 24.3 Å². The van der Waals surface area contributed by atoms with E-state index in [1.807, 2.05) is 24.3 Å². The zero-order valence-electron chi connectivity index (χ0n) is 14.9. The van der Waals surface area contributed by atoms with Crippen LogP contribution >= 0.6 is 12.2 Å². The molecule has 0 aliphatic heterocycles. The van der Waals surface area contributed by atoms with Crippen molar-refractivity contribution in [3.8, 4) is 0 Å². The number of aryl methyl sites for hydroxylation is 2. The molecule has 0 aliphatic carbocycles. The van der Waals surface area contributed by atoms with Gasteiger partial charge in [-0.2, -0.15) is 5.10 Å². The first-order chi connectivity index (χ1) is 13.0. The molecule has 0 spiro atoms. The standard InChI is InChI=1S/C19H19N5O2S/c1-3-12-8-4-7-11-15(12)20-19(27)22-21-17(25)16-13-9-5-6-10-14(13)18(26)24(2)23-16/h4-11H,3H2,1-2H3,(H,21,25)(H2,20,22,27). The summed E-state index contributed by atoms with van der Waals surface area (Å²) < 4.78 is 1.14. The van der Waals surface area contributed by atoms with E-state index < -0.39 is 5.91 Å². The van der Waals surface area contributed by atoms with Gasteiger partial charge in [0.25, 0.3) is 11.5 Å². The molecule has 8 heteroatoms. The molecule has 1 amide bonds. The van der Waals surface area contributed by atoms with E-state index in [0.29, 0.717) is 10.8 Å². The van der Waals surface area contributed by atoms with Crippen molar-refractivity contribution in [2.75, 3.05) is 5.32 Å². The Labute approximate surface area is 161 Å². The number of amides is 1. The van der Waals surface area contributed by atoms with Gasteiger partial charge in [-0.1, -0.05) is 43.3 Å². The van der Waals surface area contributed by atoms with Gasteiger partial charge in [0.2, 0.25) is 0 Å². The SMILES string of the molecule is CCc1ccccc1NC(=S)NNC(=O)c1nn(C)c(=O)c2ccccc12. The molecular weight excluding hydrogens is 362 g/mol. The van der Waals surface area contributed by atoms with Crippen LogP contribution in [0.2, 0.25) is 0 Å². The van der Waals surface area contributed by atoms with Crippen LogP contribution in [0.25, 0.3) is 10.8 Å². The Hall–Kier alpha value is -3.26. The van der Waals surface area contributed by atoms with Crippen molar-refractivity contribution in [3.63, 3.8) is 0 Å². The van der Waals surface area contributed by atoms with Crippen LogP contribution in [0.15, 0.2) is 53.3 Å². The molecule has 138 valence electrons. The molecular formula is C19H19N5O2S. The Morgan fingerprint density at radius 1 is 1.07 bits per heavy atom. The second kappa shape index (κ2) is 7.96. The third kappa shape index (κ3) is 3.95. The van der Waals surface area contributed by atoms with Crippen molar-refractivity contribution in [1.82, 2.24) is 20.6 Å². The van der Waals surface area contributed by atoms with Crippen LogP contribution in [0.3, 0.4) is 0 Å². The Morgan fingerprint density at radius 2 is 1.74 bits per heavy atom. The summed E-state index contributed by atoms with van der Waals surface area (Å²) in [4.78, 5) is 24.7. The number of hydrogen-bond donors (Lipinski definition) is 3. The average molecular weight is 381 g/mol. The van der Waals surface area contributed by atoms with Crippen LogP contribution < -0.4 is 21.7 Å². The molecule has 1 heterocycles. The fourth-order valence-corrected chi connectivity index (χ4v) is 2.91. The minimum absolute atomic E-state index is 0.136. The molecule has 0 fully saturated rings. The maximum Gasteiger partial charge on any atom is 0.290 e. The molecule has 27 heavy (non-hydrogen) atoms.